The van der Waals surface area contributed by atoms with Gasteiger partial charge in [-0.1, -0.05) is 0 Å². The first kappa shape index (κ1) is 16.7. The summed E-state index contributed by atoms with van der Waals surface area (Å²) in [7, 11) is -3.22. The second-order valence-corrected chi connectivity index (χ2v) is 7.40. The largest absolute Gasteiger partial charge is 0.370 e. The molecule has 0 radical (unpaired) electrons. The van der Waals surface area contributed by atoms with Crippen LogP contribution in [0.25, 0.3) is 0 Å². The van der Waals surface area contributed by atoms with Crippen LogP contribution in [-0.4, -0.2) is 44.3 Å². The van der Waals surface area contributed by atoms with Crippen LogP contribution in [0.4, 0.5) is 5.13 Å². The van der Waals surface area contributed by atoms with E-state index < -0.39 is 10.0 Å². The molecule has 1 aromatic rings. The topological polar surface area (TPSA) is 133 Å². The van der Waals surface area contributed by atoms with Gasteiger partial charge in [-0.25, -0.2) is 13.4 Å². The van der Waals surface area contributed by atoms with Gasteiger partial charge in [-0.3, -0.25) is 15.1 Å². The number of aliphatic imine (C=N–C) groups is 1. The molecule has 1 heterocycles. The maximum Gasteiger partial charge on any atom is 0.230 e. The summed E-state index contributed by atoms with van der Waals surface area (Å²) >= 11 is 3.03. The number of rotatable bonds is 8. The lowest BCUT2D eigenvalue weighted by Gasteiger charge is -1.98. The minimum absolute atomic E-state index is 0.133. The Morgan fingerprint density at radius 2 is 2.45 bits per heavy atom. The third kappa shape index (κ3) is 7.96. The summed E-state index contributed by atoms with van der Waals surface area (Å²) in [6.45, 7) is 0.524. The van der Waals surface area contributed by atoms with E-state index in [0.29, 0.717) is 11.7 Å². The Morgan fingerprint density at radius 1 is 1.70 bits per heavy atom. The standard InChI is InChI=1S/C9H16N6O2S3/c1-20(16,17)13-6-12-2-3-18-4-7-5-19-9(14-7)15-8(10)11/h5-6H,2-4H2,1H3,(H,12,13)(H4,10,11,14,15). The predicted octanol–water partition coefficient (Wildman–Crippen LogP) is 0.259. The zero-order valence-electron chi connectivity index (χ0n) is 10.8. The maximum atomic E-state index is 10.7. The highest BCUT2D eigenvalue weighted by Gasteiger charge is 2.02. The molecule has 0 atom stereocenters. The molecule has 0 aliphatic carbocycles. The molecule has 1 aromatic heterocycles. The van der Waals surface area contributed by atoms with Crippen molar-refractivity contribution in [2.75, 3.05) is 23.9 Å². The van der Waals surface area contributed by atoms with Crippen LogP contribution in [0.15, 0.2) is 10.4 Å². The number of hydrogen-bond donors (Lipinski definition) is 4. The number of thiazole rings is 1. The molecule has 0 unspecified atom stereocenters. The van der Waals surface area contributed by atoms with Gasteiger partial charge >= 0.3 is 0 Å². The molecule has 1 rings (SSSR count). The molecule has 0 aromatic carbocycles. The molecule has 0 saturated heterocycles. The van der Waals surface area contributed by atoms with Crippen LogP contribution in [0, 0.1) is 5.41 Å². The molecule has 0 aliphatic heterocycles. The maximum absolute atomic E-state index is 10.7. The number of guanidine groups is 1. The van der Waals surface area contributed by atoms with Crippen LogP contribution in [0.5, 0.6) is 0 Å². The first-order valence-electron chi connectivity index (χ1n) is 5.45. The molecule has 5 N–H and O–H groups in total. The van der Waals surface area contributed by atoms with E-state index in [1.807, 2.05) is 5.38 Å². The number of anilines is 1. The van der Waals surface area contributed by atoms with E-state index in [1.54, 1.807) is 11.8 Å². The van der Waals surface area contributed by atoms with Gasteiger partial charge in [0.15, 0.2) is 11.1 Å². The van der Waals surface area contributed by atoms with Crippen molar-refractivity contribution < 1.29 is 8.42 Å². The van der Waals surface area contributed by atoms with Crippen LogP contribution in [0.2, 0.25) is 0 Å². The monoisotopic (exact) mass is 336 g/mol. The number of nitrogens with zero attached hydrogens (tertiary/aromatic N) is 2. The molecular weight excluding hydrogens is 320 g/mol. The zero-order chi connectivity index (χ0) is 15.0. The fourth-order valence-electron chi connectivity index (χ4n) is 1.04. The highest BCUT2D eigenvalue weighted by Crippen LogP contribution is 2.19. The van der Waals surface area contributed by atoms with Crippen molar-refractivity contribution in [3.8, 4) is 0 Å². The second kappa shape index (κ2) is 8.07. The number of thioether (sulfide) groups is 1. The van der Waals surface area contributed by atoms with Crippen molar-refractivity contribution >= 4 is 50.6 Å². The fourth-order valence-corrected chi connectivity index (χ4v) is 2.87. The highest BCUT2D eigenvalue weighted by atomic mass is 32.2. The third-order valence-electron chi connectivity index (χ3n) is 1.77. The van der Waals surface area contributed by atoms with Crippen molar-refractivity contribution in [2.24, 2.45) is 10.7 Å². The van der Waals surface area contributed by atoms with Crippen LogP contribution in [0.1, 0.15) is 5.69 Å². The minimum atomic E-state index is -3.22. The molecular formula is C9H16N6O2S3. The number of hydrogen-bond acceptors (Lipinski definition) is 7. The van der Waals surface area contributed by atoms with Gasteiger partial charge in [0.05, 0.1) is 18.3 Å². The lowest BCUT2D eigenvalue weighted by Crippen LogP contribution is -2.20. The molecule has 11 heteroatoms. The quantitative estimate of drug-likeness (QED) is 0.306. The highest BCUT2D eigenvalue weighted by molar-refractivity contribution is 7.98. The van der Waals surface area contributed by atoms with Crippen molar-refractivity contribution in [3.63, 3.8) is 0 Å². The van der Waals surface area contributed by atoms with E-state index in [9.17, 15) is 8.42 Å². The Balaban J connectivity index is 2.18. The van der Waals surface area contributed by atoms with Crippen LogP contribution < -0.4 is 15.8 Å². The van der Waals surface area contributed by atoms with Gasteiger partial charge in [-0.2, -0.15) is 11.8 Å². The summed E-state index contributed by atoms with van der Waals surface area (Å²) in [6.07, 6.45) is 2.26. The van der Waals surface area contributed by atoms with Crippen molar-refractivity contribution in [1.29, 1.82) is 5.41 Å². The first-order valence-corrected chi connectivity index (χ1v) is 9.38. The van der Waals surface area contributed by atoms with E-state index in [0.717, 1.165) is 23.5 Å². The van der Waals surface area contributed by atoms with Gasteiger partial charge in [0.25, 0.3) is 0 Å². The summed E-state index contributed by atoms with van der Waals surface area (Å²) < 4.78 is 23.7. The van der Waals surface area contributed by atoms with Gasteiger partial charge in [0, 0.05) is 23.4 Å². The molecule has 20 heavy (non-hydrogen) atoms. The molecule has 0 bridgehead atoms. The average molecular weight is 336 g/mol. The number of sulfonamides is 1. The SMILES string of the molecule is CS(=O)(=O)N/C=N/CCSCc1csc(NC(=N)N)n1. The van der Waals surface area contributed by atoms with Crippen molar-refractivity contribution in [2.45, 2.75) is 5.75 Å². The van der Waals surface area contributed by atoms with Gasteiger partial charge in [-0.05, 0) is 0 Å². The third-order valence-corrected chi connectivity index (χ3v) is 4.08. The summed E-state index contributed by atoms with van der Waals surface area (Å²) in [5.74, 6) is 1.35. The number of nitrogens with two attached hydrogens (primary N) is 1. The summed E-state index contributed by atoms with van der Waals surface area (Å²) in [4.78, 5) is 8.17. The van der Waals surface area contributed by atoms with E-state index >= 15 is 0 Å². The van der Waals surface area contributed by atoms with Gasteiger partial charge in [0.1, 0.15) is 0 Å². The van der Waals surface area contributed by atoms with Crippen LogP contribution in [-0.2, 0) is 15.8 Å². The number of nitrogens with one attached hydrogen (secondary N) is 3. The molecule has 0 saturated carbocycles. The smallest absolute Gasteiger partial charge is 0.230 e. The average Bonchev–Trinajstić information content (AvgIpc) is 2.73. The van der Waals surface area contributed by atoms with E-state index in [4.69, 9.17) is 11.1 Å². The Morgan fingerprint density at radius 3 is 3.10 bits per heavy atom. The van der Waals surface area contributed by atoms with Crippen molar-refractivity contribution in [1.82, 2.24) is 9.71 Å². The van der Waals surface area contributed by atoms with Gasteiger partial charge in [0.2, 0.25) is 10.0 Å². The normalized spacial score (nSPS) is 11.7. The molecule has 0 aliphatic rings. The zero-order valence-corrected chi connectivity index (χ0v) is 13.2. The summed E-state index contributed by atoms with van der Waals surface area (Å²) in [5, 5.41) is 12.2. The van der Waals surface area contributed by atoms with Gasteiger partial charge < -0.3 is 11.1 Å². The van der Waals surface area contributed by atoms with Gasteiger partial charge in [-0.15, -0.1) is 11.3 Å². The molecule has 0 amide bonds. The molecule has 0 fully saturated rings. The summed E-state index contributed by atoms with van der Waals surface area (Å²) in [5.41, 5.74) is 6.11. The van der Waals surface area contributed by atoms with E-state index in [1.165, 1.54) is 17.7 Å². The first-order chi connectivity index (χ1) is 9.37. The molecule has 112 valence electrons. The Kier molecular flexibility index (Phi) is 6.75. The second-order valence-electron chi connectivity index (χ2n) is 3.66. The number of aromatic nitrogens is 1. The fraction of sp³-hybridized carbons (Fsp3) is 0.444. The van der Waals surface area contributed by atoms with E-state index in [-0.39, 0.29) is 5.96 Å². The summed E-state index contributed by atoms with van der Waals surface area (Å²) in [6, 6.07) is 0. The van der Waals surface area contributed by atoms with E-state index in [2.05, 4.69) is 20.0 Å². The van der Waals surface area contributed by atoms with Crippen molar-refractivity contribution in [3.05, 3.63) is 11.1 Å². The molecule has 8 nitrogen and oxygen atoms in total. The Labute approximate surface area is 125 Å². The predicted molar refractivity (Wildman–Crippen MR) is 85.2 cm³/mol. The van der Waals surface area contributed by atoms with Crippen LogP contribution in [0.3, 0.4) is 0 Å². The molecule has 0 spiro atoms. The lowest BCUT2D eigenvalue weighted by atomic mass is 10.6. The Bertz CT molecular complexity index is 568. The lowest BCUT2D eigenvalue weighted by molar-refractivity contribution is 0.599. The van der Waals surface area contributed by atoms with Crippen LogP contribution >= 0.6 is 23.1 Å². The minimum Gasteiger partial charge on any atom is -0.370 e. The Hall–Kier alpha value is -1.33.